The molecule has 3 aromatic rings. The van der Waals surface area contributed by atoms with Crippen molar-refractivity contribution in [2.24, 2.45) is 11.3 Å². The number of anilines is 1. The Morgan fingerprint density at radius 2 is 1.79 bits per heavy atom. The molecule has 9 atom stereocenters. The summed E-state index contributed by atoms with van der Waals surface area (Å²) in [7, 11) is 6.22. The molecule has 63 heavy (non-hydrogen) atoms. The van der Waals surface area contributed by atoms with Crippen molar-refractivity contribution in [1.29, 1.82) is 0 Å². The summed E-state index contributed by atoms with van der Waals surface area (Å²) in [6.07, 6.45) is 9.24. The van der Waals surface area contributed by atoms with Crippen molar-refractivity contribution in [3.63, 3.8) is 0 Å². The molecule has 2 fully saturated rings. The first-order valence-corrected chi connectivity index (χ1v) is 23.6. The van der Waals surface area contributed by atoms with Crippen molar-refractivity contribution in [3.05, 3.63) is 76.5 Å². The average molecular weight is 883 g/mol. The number of aromatic nitrogens is 1. The summed E-state index contributed by atoms with van der Waals surface area (Å²) in [6, 6.07) is 9.36. The van der Waals surface area contributed by atoms with Gasteiger partial charge in [-0.25, -0.2) is 4.79 Å². The van der Waals surface area contributed by atoms with Crippen LogP contribution in [0.15, 0.2) is 59.0 Å². The molecule has 0 radical (unpaired) electrons. The number of H-pyrrole nitrogens is 1. The number of hydrogen-bond acceptors (Lipinski definition) is 13. The highest BCUT2D eigenvalue weighted by atomic mass is 32.2. The Bertz CT molecular complexity index is 2400. The number of hydrogen-bond donors (Lipinski definition) is 3. The third-order valence-corrected chi connectivity index (χ3v) is 16.7. The maximum absolute atomic E-state index is 15.4. The molecule has 1 saturated carbocycles. The first kappa shape index (κ1) is 43.9. The van der Waals surface area contributed by atoms with Gasteiger partial charge < -0.3 is 39.0 Å². The lowest BCUT2D eigenvalue weighted by Gasteiger charge is -2.63. The van der Waals surface area contributed by atoms with Crippen molar-refractivity contribution in [3.8, 4) is 5.75 Å². The van der Waals surface area contributed by atoms with Gasteiger partial charge >= 0.3 is 17.9 Å². The molecule has 14 heteroatoms. The summed E-state index contributed by atoms with van der Waals surface area (Å²) in [6.45, 7) is 9.25. The van der Waals surface area contributed by atoms with E-state index in [1.54, 1.807) is 18.9 Å². The van der Waals surface area contributed by atoms with Crippen LogP contribution in [0.5, 0.6) is 5.75 Å². The maximum Gasteiger partial charge on any atom is 0.344 e. The number of nitrogens with zero attached hydrogens (tertiary/aromatic N) is 3. The molecular weight excluding hydrogens is 821 g/mol. The van der Waals surface area contributed by atoms with E-state index in [0.29, 0.717) is 50.2 Å². The van der Waals surface area contributed by atoms with E-state index in [9.17, 15) is 19.8 Å². The van der Waals surface area contributed by atoms with E-state index in [-0.39, 0.29) is 18.6 Å². The Kier molecular flexibility index (Phi) is 11.3. The number of aliphatic hydroxyl groups is 2. The summed E-state index contributed by atoms with van der Waals surface area (Å²) in [5, 5.41) is 23.8. The predicted octanol–water partition coefficient (Wildman–Crippen LogP) is 5.62. The second-order valence-electron chi connectivity index (χ2n) is 18.6. The van der Waals surface area contributed by atoms with Crippen LogP contribution in [0.3, 0.4) is 0 Å². The summed E-state index contributed by atoms with van der Waals surface area (Å²) in [4.78, 5) is 54.7. The zero-order valence-corrected chi connectivity index (χ0v) is 38.4. The number of rotatable bonds is 12. The summed E-state index contributed by atoms with van der Waals surface area (Å²) in [5.74, 6) is -0.503. The number of aliphatic hydroxyl groups excluding tert-OH is 1. The van der Waals surface area contributed by atoms with E-state index in [2.05, 4.69) is 64.2 Å². The van der Waals surface area contributed by atoms with Gasteiger partial charge in [0.15, 0.2) is 6.10 Å². The van der Waals surface area contributed by atoms with Gasteiger partial charge in [-0.1, -0.05) is 37.6 Å². The minimum atomic E-state index is -2.29. The topological polar surface area (TPSA) is 154 Å². The zero-order chi connectivity index (χ0) is 44.6. The highest BCUT2D eigenvalue weighted by molar-refractivity contribution is 7.99. The van der Waals surface area contributed by atoms with Gasteiger partial charge in [-0.2, -0.15) is 0 Å². The van der Waals surface area contributed by atoms with Crippen LogP contribution < -0.4 is 9.64 Å². The zero-order valence-electron chi connectivity index (χ0n) is 37.6. The minimum absolute atomic E-state index is 0.00155. The molecule has 1 spiro atoms. The second-order valence-corrected chi connectivity index (χ2v) is 19.8. The molecule has 9 rings (SSSR count). The number of methoxy groups -OCH3 is 3. The quantitative estimate of drug-likeness (QED) is 0.0679. The van der Waals surface area contributed by atoms with Crippen LogP contribution in [-0.4, -0.2) is 134 Å². The van der Waals surface area contributed by atoms with E-state index >= 15 is 4.79 Å². The molecule has 1 aliphatic carbocycles. The molecule has 1 aromatic heterocycles. The van der Waals surface area contributed by atoms with E-state index in [4.69, 9.17) is 18.9 Å². The van der Waals surface area contributed by atoms with Crippen molar-refractivity contribution in [1.82, 2.24) is 14.8 Å². The molecule has 6 aliphatic rings. The molecule has 2 bridgehead atoms. The van der Waals surface area contributed by atoms with Crippen LogP contribution in [-0.2, 0) is 46.0 Å². The van der Waals surface area contributed by atoms with Gasteiger partial charge in [-0.15, -0.1) is 11.8 Å². The van der Waals surface area contributed by atoms with Gasteiger partial charge in [0.25, 0.3) is 0 Å². The Morgan fingerprint density at radius 3 is 2.49 bits per heavy atom. The Morgan fingerprint density at radius 1 is 1.00 bits per heavy atom. The fraction of sp³-hybridized carbons (Fsp3) is 0.571. The van der Waals surface area contributed by atoms with Crippen LogP contribution in [0, 0.1) is 11.3 Å². The first-order valence-electron chi connectivity index (χ1n) is 22.6. The SMILES string of the molecule is CCC1=C[C@H]2CN(C1)Cc1c([nH]c3ccc(SCCCCO)cc13)[C@@](C(=O)OC)(c1cc3c(cc1OC)N(C)[C@H]1[C@@](O)(C(=O)OC)[C@H](OC(C)=O)[C@]4(CC)C=CCN5CC[C@]31[C@@H]54)C2. The summed E-state index contributed by atoms with van der Waals surface area (Å²) in [5.41, 5.74) is 0.832. The monoisotopic (exact) mass is 882 g/mol. The molecule has 13 nitrogen and oxygen atoms in total. The van der Waals surface area contributed by atoms with Crippen molar-refractivity contribution >= 4 is 46.3 Å². The Balaban J connectivity index is 1.33. The van der Waals surface area contributed by atoms with Crippen LogP contribution in [0.4, 0.5) is 5.69 Å². The maximum atomic E-state index is 15.4. The molecule has 6 heterocycles. The predicted molar refractivity (Wildman–Crippen MR) is 241 cm³/mol. The molecule has 338 valence electrons. The number of ether oxygens (including phenoxy) is 4. The van der Waals surface area contributed by atoms with Gasteiger partial charge in [-0.3, -0.25) is 19.4 Å². The lowest BCUT2D eigenvalue weighted by atomic mass is 9.47. The highest BCUT2D eigenvalue weighted by Crippen LogP contribution is 2.68. The van der Waals surface area contributed by atoms with Crippen molar-refractivity contribution < 1.29 is 43.5 Å². The first-order chi connectivity index (χ1) is 30.3. The third-order valence-electron chi connectivity index (χ3n) is 15.6. The summed E-state index contributed by atoms with van der Waals surface area (Å²) < 4.78 is 24.1. The van der Waals surface area contributed by atoms with Gasteiger partial charge in [0.05, 0.1) is 27.4 Å². The summed E-state index contributed by atoms with van der Waals surface area (Å²) >= 11 is 1.77. The normalized spacial score (nSPS) is 32.7. The number of fused-ring (bicyclic) bond motifs is 6. The molecule has 3 N–H and O–H groups in total. The fourth-order valence-electron chi connectivity index (χ4n) is 13.4. The van der Waals surface area contributed by atoms with Gasteiger partial charge in [-0.05, 0) is 92.1 Å². The Labute approximate surface area is 374 Å². The second kappa shape index (κ2) is 16.3. The van der Waals surface area contributed by atoms with Crippen molar-refractivity contribution in [2.75, 3.05) is 71.8 Å². The van der Waals surface area contributed by atoms with Crippen molar-refractivity contribution in [2.45, 2.75) is 105 Å². The van der Waals surface area contributed by atoms with E-state index in [0.717, 1.165) is 76.4 Å². The van der Waals surface area contributed by atoms with Crippen LogP contribution in [0.1, 0.15) is 81.7 Å². The Hall–Kier alpha value is -4.34. The number of esters is 3. The molecule has 0 amide bonds. The number of aromatic amines is 1. The number of thioether (sulfide) groups is 1. The van der Waals surface area contributed by atoms with Crippen LogP contribution >= 0.6 is 11.8 Å². The van der Waals surface area contributed by atoms with Gasteiger partial charge in [0.2, 0.25) is 5.60 Å². The highest BCUT2D eigenvalue weighted by Gasteiger charge is 2.80. The smallest absolute Gasteiger partial charge is 0.344 e. The fourth-order valence-corrected chi connectivity index (χ4v) is 14.3. The molecular formula is C49H62N4O9S. The van der Waals surface area contributed by atoms with E-state index < -0.39 is 51.9 Å². The number of carbonyl (C=O) groups excluding carboxylic acids is 3. The van der Waals surface area contributed by atoms with Crippen LogP contribution in [0.25, 0.3) is 10.9 Å². The molecule has 1 unspecified atom stereocenters. The van der Waals surface area contributed by atoms with Gasteiger partial charge in [0.1, 0.15) is 11.2 Å². The molecule has 2 aromatic carbocycles. The molecule has 5 aliphatic heterocycles. The largest absolute Gasteiger partial charge is 0.496 e. The average Bonchev–Trinajstić information content (AvgIpc) is 3.93. The minimum Gasteiger partial charge on any atom is -0.496 e. The number of benzene rings is 2. The molecule has 1 saturated heterocycles. The number of carbonyl (C=O) groups is 3. The van der Waals surface area contributed by atoms with E-state index in [1.807, 2.05) is 24.9 Å². The number of likely N-dealkylation sites (N-methyl/N-ethyl adjacent to an activating group) is 1. The lowest BCUT2D eigenvalue weighted by molar-refractivity contribution is -0.228. The number of nitrogens with one attached hydrogen (secondary N) is 1. The van der Waals surface area contributed by atoms with E-state index in [1.165, 1.54) is 26.7 Å². The third kappa shape index (κ3) is 6.21. The lowest BCUT2D eigenvalue weighted by Crippen LogP contribution is -2.81. The van der Waals surface area contributed by atoms with Crippen LogP contribution in [0.2, 0.25) is 0 Å². The standard InChI is InChI=1S/C49H62N4O9S/c1-8-30-21-31-25-48(44(56)60-6,40-34(28-52(26-30)27-31)33-22-32(13-14-37(33)50-40)63-20-11-10-19-54)36-23-35-38(24-39(36)59-5)51(4)42-47(35)16-18-53-17-12-15-46(9-2,41(47)53)43(62-29(3)55)49(42,58)45(57)61-7/h12-15,21-24,31,41-43,50,54,58H,8-11,16-20,25-28H2,1-7H3/t31-,41+,42-,43-,46-,47-,48+,49+/m1/s1. The van der Waals surface area contributed by atoms with Gasteiger partial charge in [0, 0.05) is 102 Å². The number of unbranched alkanes of at least 4 members (excludes halogenated alkanes) is 1.